The largest absolute Gasteiger partial charge is 0.463 e. The van der Waals surface area contributed by atoms with E-state index in [9.17, 15) is 4.79 Å². The van der Waals surface area contributed by atoms with E-state index in [1.165, 1.54) is 19.3 Å². The molecule has 19 heavy (non-hydrogen) atoms. The van der Waals surface area contributed by atoms with Gasteiger partial charge in [0.05, 0.1) is 26.4 Å². The second-order valence-electron chi connectivity index (χ2n) is 4.36. The number of hydrogen-bond acceptors (Lipinski definition) is 4. The van der Waals surface area contributed by atoms with Crippen molar-refractivity contribution >= 4 is 5.97 Å². The molecular weight excluding hydrogens is 244 g/mol. The van der Waals surface area contributed by atoms with Crippen LogP contribution in [0.3, 0.4) is 0 Å². The molecule has 0 radical (unpaired) electrons. The minimum atomic E-state index is -0.122. The van der Waals surface area contributed by atoms with Crippen LogP contribution in [0.5, 0.6) is 0 Å². The standard InChI is InChI=1S/C15H28O4/c1-3-5-6-7-8-9-15(16)19-14-13-18-12-11-17-10-4-2/h4H,2-3,5-14H2,1H3. The minimum absolute atomic E-state index is 0.122. The Bertz CT molecular complexity index is 216. The van der Waals surface area contributed by atoms with E-state index in [-0.39, 0.29) is 5.97 Å². The Morgan fingerprint density at radius 2 is 1.68 bits per heavy atom. The second-order valence-corrected chi connectivity index (χ2v) is 4.36. The molecular formula is C15H28O4. The van der Waals surface area contributed by atoms with E-state index in [4.69, 9.17) is 14.2 Å². The van der Waals surface area contributed by atoms with E-state index in [1.54, 1.807) is 6.08 Å². The van der Waals surface area contributed by atoms with Gasteiger partial charge in [-0.3, -0.25) is 4.79 Å². The summed E-state index contributed by atoms with van der Waals surface area (Å²) in [5.74, 6) is -0.122. The summed E-state index contributed by atoms with van der Waals surface area (Å²) in [5, 5.41) is 0. The molecule has 0 aromatic heterocycles. The highest BCUT2D eigenvalue weighted by atomic mass is 16.6. The van der Waals surface area contributed by atoms with E-state index < -0.39 is 0 Å². The first-order chi connectivity index (χ1) is 9.31. The predicted octanol–water partition coefficient (Wildman–Crippen LogP) is 3.11. The van der Waals surface area contributed by atoms with Gasteiger partial charge in [0.25, 0.3) is 0 Å². The summed E-state index contributed by atoms with van der Waals surface area (Å²) in [4.78, 5) is 11.3. The molecule has 0 fully saturated rings. The van der Waals surface area contributed by atoms with E-state index in [1.807, 2.05) is 0 Å². The lowest BCUT2D eigenvalue weighted by atomic mass is 10.1. The molecule has 0 aliphatic carbocycles. The Hall–Kier alpha value is -0.870. The van der Waals surface area contributed by atoms with Gasteiger partial charge in [0.2, 0.25) is 0 Å². The lowest BCUT2D eigenvalue weighted by Gasteiger charge is -2.06. The molecule has 0 heterocycles. The molecule has 112 valence electrons. The first kappa shape index (κ1) is 18.1. The van der Waals surface area contributed by atoms with Crippen molar-refractivity contribution in [3.8, 4) is 0 Å². The fourth-order valence-corrected chi connectivity index (χ4v) is 1.55. The van der Waals surface area contributed by atoms with Gasteiger partial charge < -0.3 is 14.2 Å². The molecule has 0 unspecified atom stereocenters. The monoisotopic (exact) mass is 272 g/mol. The average Bonchev–Trinajstić information content (AvgIpc) is 2.41. The van der Waals surface area contributed by atoms with Crippen molar-refractivity contribution in [2.45, 2.75) is 45.4 Å². The van der Waals surface area contributed by atoms with Crippen LogP contribution in [0.4, 0.5) is 0 Å². The summed E-state index contributed by atoms with van der Waals surface area (Å²) in [5.41, 5.74) is 0. The smallest absolute Gasteiger partial charge is 0.305 e. The van der Waals surface area contributed by atoms with Gasteiger partial charge in [-0.05, 0) is 6.42 Å². The quantitative estimate of drug-likeness (QED) is 0.277. The Morgan fingerprint density at radius 3 is 2.42 bits per heavy atom. The number of hydrogen-bond donors (Lipinski definition) is 0. The van der Waals surface area contributed by atoms with Gasteiger partial charge in [0.1, 0.15) is 6.61 Å². The van der Waals surface area contributed by atoms with Crippen molar-refractivity contribution in [1.82, 2.24) is 0 Å². The van der Waals surface area contributed by atoms with Crippen LogP contribution < -0.4 is 0 Å². The molecule has 0 aliphatic rings. The maximum Gasteiger partial charge on any atom is 0.305 e. The minimum Gasteiger partial charge on any atom is -0.463 e. The van der Waals surface area contributed by atoms with Crippen molar-refractivity contribution in [2.24, 2.45) is 0 Å². The fourth-order valence-electron chi connectivity index (χ4n) is 1.55. The topological polar surface area (TPSA) is 44.8 Å². The van der Waals surface area contributed by atoms with Gasteiger partial charge in [-0.15, -0.1) is 6.58 Å². The molecule has 0 aliphatic heterocycles. The van der Waals surface area contributed by atoms with E-state index in [0.717, 1.165) is 12.8 Å². The summed E-state index contributed by atoms with van der Waals surface area (Å²) in [6.07, 6.45) is 7.93. The zero-order chi connectivity index (χ0) is 14.2. The third-order valence-corrected chi connectivity index (χ3v) is 2.58. The Morgan fingerprint density at radius 1 is 1.00 bits per heavy atom. The predicted molar refractivity (Wildman–Crippen MR) is 76.2 cm³/mol. The van der Waals surface area contributed by atoms with Crippen molar-refractivity contribution in [3.63, 3.8) is 0 Å². The zero-order valence-electron chi connectivity index (χ0n) is 12.2. The molecule has 0 spiro atoms. The summed E-state index contributed by atoms with van der Waals surface area (Å²) in [6, 6.07) is 0. The number of carbonyl (C=O) groups is 1. The van der Waals surface area contributed by atoms with E-state index >= 15 is 0 Å². The highest BCUT2D eigenvalue weighted by molar-refractivity contribution is 5.69. The van der Waals surface area contributed by atoms with Crippen LogP contribution >= 0.6 is 0 Å². The van der Waals surface area contributed by atoms with Crippen molar-refractivity contribution in [1.29, 1.82) is 0 Å². The number of esters is 1. The molecule has 4 nitrogen and oxygen atoms in total. The lowest BCUT2D eigenvalue weighted by Crippen LogP contribution is -2.12. The van der Waals surface area contributed by atoms with Crippen molar-refractivity contribution in [2.75, 3.05) is 33.0 Å². The van der Waals surface area contributed by atoms with Crippen LogP contribution in [0.25, 0.3) is 0 Å². The van der Waals surface area contributed by atoms with Gasteiger partial charge in [0.15, 0.2) is 0 Å². The second kappa shape index (κ2) is 15.2. The molecule has 0 aromatic rings. The molecule has 0 amide bonds. The first-order valence-electron chi connectivity index (χ1n) is 7.23. The molecule has 0 rings (SSSR count). The Kier molecular flexibility index (Phi) is 14.5. The van der Waals surface area contributed by atoms with Crippen molar-refractivity contribution < 1.29 is 19.0 Å². The van der Waals surface area contributed by atoms with E-state index in [2.05, 4.69) is 13.5 Å². The van der Waals surface area contributed by atoms with Crippen LogP contribution in [0.1, 0.15) is 45.4 Å². The first-order valence-corrected chi connectivity index (χ1v) is 7.23. The third-order valence-electron chi connectivity index (χ3n) is 2.58. The molecule has 0 saturated carbocycles. The molecule has 0 aromatic carbocycles. The number of unbranched alkanes of at least 4 members (excludes halogenated alkanes) is 4. The normalized spacial score (nSPS) is 10.4. The summed E-state index contributed by atoms with van der Waals surface area (Å²) < 4.78 is 15.5. The average molecular weight is 272 g/mol. The van der Waals surface area contributed by atoms with Crippen LogP contribution in [-0.4, -0.2) is 39.0 Å². The van der Waals surface area contributed by atoms with Crippen LogP contribution in [0.2, 0.25) is 0 Å². The van der Waals surface area contributed by atoms with Gasteiger partial charge in [0, 0.05) is 6.42 Å². The highest BCUT2D eigenvalue weighted by Crippen LogP contribution is 2.05. The molecule has 0 saturated heterocycles. The van der Waals surface area contributed by atoms with Crippen LogP contribution in [0.15, 0.2) is 12.7 Å². The SMILES string of the molecule is C=CCOCCOCCOC(=O)CCCCCCC. The number of ether oxygens (including phenoxy) is 3. The van der Waals surface area contributed by atoms with Gasteiger partial charge in [-0.2, -0.15) is 0 Å². The maximum absolute atomic E-state index is 11.3. The van der Waals surface area contributed by atoms with E-state index in [0.29, 0.717) is 39.5 Å². The summed E-state index contributed by atoms with van der Waals surface area (Å²) >= 11 is 0. The number of rotatable bonds is 14. The summed E-state index contributed by atoms with van der Waals surface area (Å²) in [7, 11) is 0. The summed E-state index contributed by atoms with van der Waals surface area (Å²) in [6.45, 7) is 8.07. The van der Waals surface area contributed by atoms with Crippen molar-refractivity contribution in [3.05, 3.63) is 12.7 Å². The van der Waals surface area contributed by atoms with Gasteiger partial charge >= 0.3 is 5.97 Å². The number of carbonyl (C=O) groups excluding carboxylic acids is 1. The van der Waals surface area contributed by atoms with Crippen LogP contribution in [-0.2, 0) is 19.0 Å². The molecule has 0 atom stereocenters. The lowest BCUT2D eigenvalue weighted by molar-refractivity contribution is -0.145. The highest BCUT2D eigenvalue weighted by Gasteiger charge is 2.02. The molecule has 4 heteroatoms. The van der Waals surface area contributed by atoms with Gasteiger partial charge in [-0.25, -0.2) is 0 Å². The molecule has 0 N–H and O–H groups in total. The van der Waals surface area contributed by atoms with Crippen LogP contribution in [0, 0.1) is 0 Å². The zero-order valence-corrected chi connectivity index (χ0v) is 12.2. The Balaban J connectivity index is 3.13. The Labute approximate surface area is 117 Å². The fraction of sp³-hybridized carbons (Fsp3) is 0.800. The maximum atomic E-state index is 11.3. The van der Waals surface area contributed by atoms with Gasteiger partial charge in [-0.1, -0.05) is 38.7 Å². The molecule has 0 bridgehead atoms. The third kappa shape index (κ3) is 15.1.